The Hall–Kier alpha value is -5.30. The minimum atomic E-state index is -0.831. The summed E-state index contributed by atoms with van der Waals surface area (Å²) in [4.78, 5) is 30.1. The number of hydrogen-bond donors (Lipinski definition) is 2. The van der Waals surface area contributed by atoms with Crippen molar-refractivity contribution in [2.75, 3.05) is 5.32 Å². The van der Waals surface area contributed by atoms with Gasteiger partial charge in [-0.3, -0.25) is 9.59 Å². The standard InChI is InChI=1S/C25H17N7O3/c1-15-5-4-7-18(11-15)31-22(34)12-20(33)23(30-31)25(35)29-24-17(13-26)14-27-32(24)21-10-9-16-6-2-3-8-19(16)28-21/h2-12,14,33H,1H3,(H,29,35). The molecule has 0 aliphatic carbocycles. The quantitative estimate of drug-likeness (QED) is 0.417. The zero-order chi connectivity index (χ0) is 24.5. The second-order valence-corrected chi connectivity index (χ2v) is 7.71. The fourth-order valence-corrected chi connectivity index (χ4v) is 3.62. The second kappa shape index (κ2) is 8.57. The van der Waals surface area contributed by atoms with Crippen LogP contribution >= 0.6 is 0 Å². The Morgan fingerprint density at radius 1 is 1.06 bits per heavy atom. The fraction of sp³-hybridized carbons (Fsp3) is 0.0400. The number of aromatic hydroxyl groups is 1. The van der Waals surface area contributed by atoms with Gasteiger partial charge in [-0.1, -0.05) is 30.3 Å². The topological polar surface area (TPSA) is 139 Å². The number of hydrogen-bond acceptors (Lipinski definition) is 7. The van der Waals surface area contributed by atoms with Gasteiger partial charge in [0.05, 0.1) is 17.4 Å². The van der Waals surface area contributed by atoms with Crippen LogP contribution in [0.2, 0.25) is 0 Å². The number of aromatic nitrogens is 5. The van der Waals surface area contributed by atoms with Crippen molar-refractivity contribution in [3.63, 3.8) is 0 Å². The summed E-state index contributed by atoms with van der Waals surface area (Å²) in [5.74, 6) is -0.995. The van der Waals surface area contributed by atoms with E-state index in [1.165, 1.54) is 10.9 Å². The molecule has 0 aliphatic rings. The molecule has 0 fully saturated rings. The number of aryl methyl sites for hydroxylation is 1. The maximum absolute atomic E-state index is 13.1. The number of fused-ring (bicyclic) bond motifs is 1. The molecule has 2 aromatic carbocycles. The first-order valence-electron chi connectivity index (χ1n) is 10.5. The Labute approximate surface area is 198 Å². The van der Waals surface area contributed by atoms with Crippen molar-refractivity contribution in [2.24, 2.45) is 0 Å². The van der Waals surface area contributed by atoms with Crippen LogP contribution in [0, 0.1) is 18.3 Å². The van der Waals surface area contributed by atoms with E-state index in [1.807, 2.05) is 49.4 Å². The Morgan fingerprint density at radius 2 is 1.89 bits per heavy atom. The molecule has 0 radical (unpaired) electrons. The Balaban J connectivity index is 1.55. The largest absolute Gasteiger partial charge is 0.505 e. The average Bonchev–Trinajstić information content (AvgIpc) is 3.26. The molecule has 0 unspecified atom stereocenters. The molecule has 170 valence electrons. The van der Waals surface area contributed by atoms with Gasteiger partial charge in [0, 0.05) is 11.5 Å². The molecule has 0 saturated carbocycles. The summed E-state index contributed by atoms with van der Waals surface area (Å²) < 4.78 is 2.34. The number of amides is 1. The molecule has 0 saturated heterocycles. The molecular formula is C25H17N7O3. The van der Waals surface area contributed by atoms with Crippen molar-refractivity contribution in [2.45, 2.75) is 6.92 Å². The molecule has 0 bridgehead atoms. The van der Waals surface area contributed by atoms with Gasteiger partial charge in [-0.2, -0.15) is 24.8 Å². The number of anilines is 1. The van der Waals surface area contributed by atoms with Gasteiger partial charge >= 0.3 is 0 Å². The van der Waals surface area contributed by atoms with E-state index in [0.29, 0.717) is 17.0 Å². The zero-order valence-corrected chi connectivity index (χ0v) is 18.4. The lowest BCUT2D eigenvalue weighted by atomic mass is 10.2. The van der Waals surface area contributed by atoms with E-state index in [0.717, 1.165) is 21.7 Å². The van der Waals surface area contributed by atoms with Gasteiger partial charge in [0.2, 0.25) is 0 Å². The van der Waals surface area contributed by atoms with E-state index in [9.17, 15) is 20.0 Å². The molecule has 0 aliphatic heterocycles. The van der Waals surface area contributed by atoms with Crippen LogP contribution in [-0.2, 0) is 0 Å². The maximum Gasteiger partial charge on any atom is 0.281 e. The van der Waals surface area contributed by atoms with E-state index < -0.39 is 22.9 Å². The lowest BCUT2D eigenvalue weighted by Gasteiger charge is -2.11. The number of nitrogens with one attached hydrogen (secondary N) is 1. The Bertz CT molecular complexity index is 1710. The van der Waals surface area contributed by atoms with Gasteiger partial charge in [0.25, 0.3) is 11.5 Å². The molecule has 10 heteroatoms. The monoisotopic (exact) mass is 463 g/mol. The number of nitriles is 1. The highest BCUT2D eigenvalue weighted by Gasteiger charge is 2.22. The highest BCUT2D eigenvalue weighted by molar-refractivity contribution is 6.04. The number of pyridine rings is 1. The Kier molecular flexibility index (Phi) is 5.27. The number of nitrogens with zero attached hydrogens (tertiary/aromatic N) is 6. The van der Waals surface area contributed by atoms with Crippen LogP contribution in [0.25, 0.3) is 22.4 Å². The average molecular weight is 463 g/mol. The predicted octanol–water partition coefficient (Wildman–Crippen LogP) is 3.10. The van der Waals surface area contributed by atoms with E-state index in [4.69, 9.17) is 0 Å². The number of rotatable bonds is 4. The number of para-hydroxylation sites is 1. The predicted molar refractivity (Wildman–Crippen MR) is 128 cm³/mol. The van der Waals surface area contributed by atoms with Crippen LogP contribution in [0.5, 0.6) is 5.75 Å². The third-order valence-corrected chi connectivity index (χ3v) is 5.30. The molecule has 2 N–H and O–H groups in total. The summed E-state index contributed by atoms with van der Waals surface area (Å²) in [6.45, 7) is 1.86. The summed E-state index contributed by atoms with van der Waals surface area (Å²) >= 11 is 0. The van der Waals surface area contributed by atoms with Crippen molar-refractivity contribution < 1.29 is 9.90 Å². The van der Waals surface area contributed by atoms with Crippen molar-refractivity contribution in [3.05, 3.63) is 100 Å². The smallest absolute Gasteiger partial charge is 0.281 e. The molecule has 3 heterocycles. The maximum atomic E-state index is 13.1. The summed E-state index contributed by atoms with van der Waals surface area (Å²) in [5, 5.41) is 31.6. The van der Waals surface area contributed by atoms with E-state index in [1.54, 1.807) is 24.3 Å². The molecule has 0 spiro atoms. The summed E-state index contributed by atoms with van der Waals surface area (Å²) in [7, 11) is 0. The normalized spacial score (nSPS) is 10.7. The van der Waals surface area contributed by atoms with Crippen molar-refractivity contribution in [1.82, 2.24) is 24.5 Å². The van der Waals surface area contributed by atoms with Crippen LogP contribution in [0.3, 0.4) is 0 Å². The molecular weight excluding hydrogens is 446 g/mol. The van der Waals surface area contributed by atoms with Crippen molar-refractivity contribution >= 4 is 22.6 Å². The lowest BCUT2D eigenvalue weighted by molar-refractivity contribution is 0.101. The SMILES string of the molecule is Cc1cccc(-n2nc(C(=O)Nc3c(C#N)cnn3-c3ccc4ccccc4n3)c(O)cc2=O)c1. The van der Waals surface area contributed by atoms with Crippen molar-refractivity contribution in [1.29, 1.82) is 5.26 Å². The third kappa shape index (κ3) is 3.98. The highest BCUT2D eigenvalue weighted by atomic mass is 16.3. The molecule has 1 amide bonds. The summed E-state index contributed by atoms with van der Waals surface area (Å²) in [5.41, 5.74) is 1.12. The van der Waals surface area contributed by atoms with E-state index >= 15 is 0 Å². The highest BCUT2D eigenvalue weighted by Crippen LogP contribution is 2.23. The van der Waals surface area contributed by atoms with E-state index in [-0.39, 0.29) is 11.4 Å². The molecule has 5 rings (SSSR count). The van der Waals surface area contributed by atoms with Crippen LogP contribution in [0.4, 0.5) is 5.82 Å². The first-order chi connectivity index (χ1) is 16.9. The fourth-order valence-electron chi connectivity index (χ4n) is 3.62. The molecule has 0 atom stereocenters. The second-order valence-electron chi connectivity index (χ2n) is 7.71. The molecule has 35 heavy (non-hydrogen) atoms. The van der Waals surface area contributed by atoms with E-state index in [2.05, 4.69) is 20.5 Å². The first kappa shape index (κ1) is 21.5. The molecule has 3 aromatic heterocycles. The van der Waals surface area contributed by atoms with Crippen LogP contribution in [0.15, 0.2) is 77.7 Å². The molecule has 5 aromatic rings. The van der Waals surface area contributed by atoms with Gasteiger partial charge in [-0.25, -0.2) is 4.98 Å². The van der Waals surface area contributed by atoms with Gasteiger partial charge in [-0.15, -0.1) is 0 Å². The van der Waals surface area contributed by atoms with Crippen molar-refractivity contribution in [3.8, 4) is 23.3 Å². The summed E-state index contributed by atoms with van der Waals surface area (Å²) in [6.07, 6.45) is 1.30. The molecule has 10 nitrogen and oxygen atoms in total. The first-order valence-corrected chi connectivity index (χ1v) is 10.5. The van der Waals surface area contributed by atoms with Crippen LogP contribution < -0.4 is 10.9 Å². The minimum absolute atomic E-state index is 0.0507. The Morgan fingerprint density at radius 3 is 2.69 bits per heavy atom. The van der Waals surface area contributed by atoms with Gasteiger partial charge in [0.1, 0.15) is 11.6 Å². The van der Waals surface area contributed by atoms with Gasteiger partial charge < -0.3 is 10.4 Å². The third-order valence-electron chi connectivity index (χ3n) is 5.30. The van der Waals surface area contributed by atoms with Gasteiger partial charge in [0.15, 0.2) is 23.1 Å². The van der Waals surface area contributed by atoms with Crippen LogP contribution in [-0.4, -0.2) is 35.6 Å². The number of benzene rings is 2. The summed E-state index contributed by atoms with van der Waals surface area (Å²) in [6, 6.07) is 20.9. The minimum Gasteiger partial charge on any atom is -0.505 e. The van der Waals surface area contributed by atoms with Crippen LogP contribution in [0.1, 0.15) is 21.6 Å². The number of carbonyl (C=O) groups is 1. The lowest BCUT2D eigenvalue weighted by Crippen LogP contribution is -2.26. The number of carbonyl (C=O) groups excluding carboxylic acids is 1. The zero-order valence-electron chi connectivity index (χ0n) is 18.4. The van der Waals surface area contributed by atoms with Gasteiger partial charge in [-0.05, 0) is 42.8 Å².